The summed E-state index contributed by atoms with van der Waals surface area (Å²) in [5.74, 6) is 1.13. The van der Waals surface area contributed by atoms with E-state index in [-0.39, 0.29) is 5.91 Å². The zero-order valence-electron chi connectivity index (χ0n) is 16.4. The van der Waals surface area contributed by atoms with Crippen LogP contribution in [0.5, 0.6) is 5.75 Å². The molecule has 1 N–H and O–H groups in total. The molecule has 27 heavy (non-hydrogen) atoms. The molecule has 1 aromatic heterocycles. The molecule has 142 valence electrons. The van der Waals surface area contributed by atoms with Crippen LogP contribution in [0.15, 0.2) is 18.2 Å². The van der Waals surface area contributed by atoms with E-state index in [2.05, 4.69) is 18.3 Å². The van der Waals surface area contributed by atoms with Crippen molar-refractivity contribution in [3.8, 4) is 11.8 Å². The molecule has 1 heterocycles. The average Bonchev–Trinajstić information content (AvgIpc) is 2.98. The second kappa shape index (κ2) is 8.14. The Balaban J connectivity index is 1.77. The van der Waals surface area contributed by atoms with Crippen LogP contribution in [0.1, 0.15) is 53.8 Å². The summed E-state index contributed by atoms with van der Waals surface area (Å²) in [6.45, 7) is 8.24. The van der Waals surface area contributed by atoms with Gasteiger partial charge in [0.05, 0.1) is 5.56 Å². The number of ether oxygens (including phenoxy) is 1. The molecule has 0 bridgehead atoms. The number of carbonyl (C=O) groups is 1. The number of nitrogens with one attached hydrogen (secondary N) is 1. The van der Waals surface area contributed by atoms with E-state index in [4.69, 9.17) is 4.74 Å². The van der Waals surface area contributed by atoms with Crippen molar-refractivity contribution in [1.82, 2.24) is 0 Å². The van der Waals surface area contributed by atoms with E-state index in [9.17, 15) is 10.1 Å². The van der Waals surface area contributed by atoms with Crippen LogP contribution in [0.3, 0.4) is 0 Å². The molecule has 1 aliphatic rings. The molecule has 1 amide bonds. The van der Waals surface area contributed by atoms with Crippen molar-refractivity contribution in [2.75, 3.05) is 5.32 Å². The van der Waals surface area contributed by atoms with E-state index in [0.717, 1.165) is 30.4 Å². The second-order valence-corrected chi connectivity index (χ2v) is 8.52. The molecule has 0 radical (unpaired) electrons. The summed E-state index contributed by atoms with van der Waals surface area (Å²) in [6, 6.07) is 8.15. The van der Waals surface area contributed by atoms with Gasteiger partial charge >= 0.3 is 0 Å². The quantitative estimate of drug-likeness (QED) is 0.777. The number of rotatable bonds is 5. The number of thiophene rings is 1. The second-order valence-electron chi connectivity index (χ2n) is 7.42. The van der Waals surface area contributed by atoms with Gasteiger partial charge in [0, 0.05) is 4.88 Å². The highest BCUT2D eigenvalue weighted by atomic mass is 32.1. The summed E-state index contributed by atoms with van der Waals surface area (Å²) >= 11 is 1.55. The molecule has 2 atom stereocenters. The van der Waals surface area contributed by atoms with Crippen molar-refractivity contribution in [3.63, 3.8) is 0 Å². The predicted molar refractivity (Wildman–Crippen MR) is 109 cm³/mol. The van der Waals surface area contributed by atoms with Gasteiger partial charge in [0.2, 0.25) is 0 Å². The van der Waals surface area contributed by atoms with Gasteiger partial charge in [0.25, 0.3) is 5.91 Å². The first-order chi connectivity index (χ1) is 12.9. The summed E-state index contributed by atoms with van der Waals surface area (Å²) in [5, 5.41) is 13.2. The van der Waals surface area contributed by atoms with Crippen LogP contribution >= 0.6 is 11.3 Å². The average molecular weight is 383 g/mol. The van der Waals surface area contributed by atoms with Gasteiger partial charge in [-0.05, 0) is 74.3 Å². The lowest BCUT2D eigenvalue weighted by Crippen LogP contribution is -2.32. The maximum absolute atomic E-state index is 12.8. The lowest BCUT2D eigenvalue weighted by atomic mass is 9.88. The molecular formula is C22H26N2O2S. The van der Waals surface area contributed by atoms with Crippen molar-refractivity contribution in [3.05, 3.63) is 45.3 Å². The molecular weight excluding hydrogens is 356 g/mol. The van der Waals surface area contributed by atoms with Gasteiger partial charge in [0.15, 0.2) is 6.10 Å². The molecule has 0 fully saturated rings. The Bertz CT molecular complexity index is 894. The Kier molecular flexibility index (Phi) is 5.86. The Morgan fingerprint density at radius 1 is 1.41 bits per heavy atom. The van der Waals surface area contributed by atoms with Gasteiger partial charge in [-0.15, -0.1) is 11.3 Å². The molecule has 1 aliphatic carbocycles. The molecule has 0 saturated heterocycles. The minimum absolute atomic E-state index is 0.195. The van der Waals surface area contributed by atoms with Crippen LogP contribution in [-0.2, 0) is 17.6 Å². The van der Waals surface area contributed by atoms with E-state index >= 15 is 0 Å². The third-order valence-electron chi connectivity index (χ3n) is 5.28. The first kappa shape index (κ1) is 19.4. The number of amides is 1. The maximum atomic E-state index is 12.8. The number of hydrogen-bond donors (Lipinski definition) is 1. The van der Waals surface area contributed by atoms with Gasteiger partial charge in [-0.3, -0.25) is 4.79 Å². The van der Waals surface area contributed by atoms with Crippen molar-refractivity contribution in [2.45, 2.75) is 59.5 Å². The predicted octanol–water partition coefficient (Wildman–Crippen LogP) is 5.16. The number of aryl methyl sites for hydroxylation is 2. The Morgan fingerprint density at radius 3 is 2.85 bits per heavy atom. The zero-order valence-corrected chi connectivity index (χ0v) is 17.2. The highest BCUT2D eigenvalue weighted by molar-refractivity contribution is 7.16. The number of fused-ring (bicyclic) bond motifs is 1. The lowest BCUT2D eigenvalue weighted by molar-refractivity contribution is -0.122. The maximum Gasteiger partial charge on any atom is 0.266 e. The fraction of sp³-hybridized carbons (Fsp3) is 0.455. The van der Waals surface area contributed by atoms with Crippen LogP contribution in [-0.4, -0.2) is 12.0 Å². The highest BCUT2D eigenvalue weighted by Crippen LogP contribution is 2.39. The summed E-state index contributed by atoms with van der Waals surface area (Å²) in [5.41, 5.74) is 4.08. The fourth-order valence-corrected chi connectivity index (χ4v) is 4.79. The van der Waals surface area contributed by atoms with E-state index in [1.54, 1.807) is 11.3 Å². The van der Waals surface area contributed by atoms with Gasteiger partial charge < -0.3 is 10.1 Å². The van der Waals surface area contributed by atoms with Crippen molar-refractivity contribution in [2.24, 2.45) is 5.92 Å². The van der Waals surface area contributed by atoms with Crippen LogP contribution in [0.4, 0.5) is 5.00 Å². The number of carbonyl (C=O) groups excluding carboxylic acids is 1. The lowest BCUT2D eigenvalue weighted by Gasteiger charge is -2.18. The molecule has 5 heteroatoms. The van der Waals surface area contributed by atoms with Gasteiger partial charge in [0.1, 0.15) is 16.8 Å². The SMILES string of the molecule is CC[C@@H](Oc1ccc(C)c(C)c1)C(=O)Nc1sc2c(c1C#N)CC[C@@H](C)C2. The van der Waals surface area contributed by atoms with Crippen LogP contribution in [0, 0.1) is 31.1 Å². The molecule has 2 aromatic rings. The first-order valence-corrected chi connectivity index (χ1v) is 10.3. The number of nitriles is 1. The van der Waals surface area contributed by atoms with E-state index in [0.29, 0.717) is 28.7 Å². The monoisotopic (exact) mass is 382 g/mol. The summed E-state index contributed by atoms with van der Waals surface area (Å²) in [4.78, 5) is 14.0. The van der Waals surface area contributed by atoms with Crippen LogP contribution in [0.25, 0.3) is 0 Å². The van der Waals surface area contributed by atoms with Crippen LogP contribution in [0.2, 0.25) is 0 Å². The minimum Gasteiger partial charge on any atom is -0.481 e. The molecule has 3 rings (SSSR count). The molecule has 4 nitrogen and oxygen atoms in total. The number of hydrogen-bond acceptors (Lipinski definition) is 4. The Hall–Kier alpha value is -2.32. The molecule has 0 aliphatic heterocycles. The molecule has 1 aromatic carbocycles. The third-order valence-corrected chi connectivity index (χ3v) is 6.45. The van der Waals surface area contributed by atoms with Crippen molar-refractivity contribution in [1.29, 1.82) is 5.26 Å². The minimum atomic E-state index is -0.586. The summed E-state index contributed by atoms with van der Waals surface area (Å²) < 4.78 is 5.94. The number of nitrogens with zero attached hydrogens (tertiary/aromatic N) is 1. The van der Waals surface area contributed by atoms with E-state index < -0.39 is 6.10 Å². The largest absolute Gasteiger partial charge is 0.481 e. The van der Waals surface area contributed by atoms with Gasteiger partial charge in [-0.25, -0.2) is 0 Å². The fourth-order valence-electron chi connectivity index (χ4n) is 3.42. The van der Waals surface area contributed by atoms with E-state index in [1.807, 2.05) is 39.0 Å². The van der Waals surface area contributed by atoms with Crippen LogP contribution < -0.4 is 10.1 Å². The number of benzene rings is 1. The highest BCUT2D eigenvalue weighted by Gasteiger charge is 2.26. The normalized spacial score (nSPS) is 16.9. The molecule has 0 spiro atoms. The first-order valence-electron chi connectivity index (χ1n) is 9.52. The summed E-state index contributed by atoms with van der Waals surface area (Å²) in [6.07, 6.45) is 2.97. The molecule has 0 saturated carbocycles. The Labute approximate surface area is 165 Å². The topological polar surface area (TPSA) is 62.1 Å². The third kappa shape index (κ3) is 4.17. The van der Waals surface area contributed by atoms with Gasteiger partial charge in [-0.2, -0.15) is 5.26 Å². The number of anilines is 1. The summed E-state index contributed by atoms with van der Waals surface area (Å²) in [7, 11) is 0. The van der Waals surface area contributed by atoms with Crippen molar-refractivity contribution < 1.29 is 9.53 Å². The smallest absolute Gasteiger partial charge is 0.266 e. The van der Waals surface area contributed by atoms with Crippen molar-refractivity contribution >= 4 is 22.2 Å². The zero-order chi connectivity index (χ0) is 19.6. The molecule has 0 unspecified atom stereocenters. The Morgan fingerprint density at radius 2 is 2.19 bits per heavy atom. The van der Waals surface area contributed by atoms with Gasteiger partial charge in [-0.1, -0.05) is 19.9 Å². The standard InChI is InChI=1S/C22H26N2O2S/c1-5-19(26-16-8-7-14(3)15(4)11-16)21(25)24-22-18(12-23)17-9-6-13(2)10-20(17)27-22/h7-8,11,13,19H,5-6,9-10H2,1-4H3,(H,24,25)/t13-,19-/m1/s1. The van der Waals surface area contributed by atoms with E-state index in [1.165, 1.54) is 10.4 Å².